The molecule has 1 aromatic heterocycles. The molecule has 4 heterocycles. The number of amides is 3. The maximum atomic E-state index is 13.4. The molecule has 4 rings (SSSR count). The highest BCUT2D eigenvalue weighted by Gasteiger charge is 2.76. The van der Waals surface area contributed by atoms with Gasteiger partial charge in [0, 0.05) is 5.92 Å². The summed E-state index contributed by atoms with van der Waals surface area (Å²) in [6.45, 7) is 6.75. The Morgan fingerprint density at radius 3 is 2.50 bits per heavy atom. The van der Waals surface area contributed by atoms with Gasteiger partial charge in [0.25, 0.3) is 0 Å². The highest BCUT2D eigenvalue weighted by molar-refractivity contribution is 6.23. The second-order valence-corrected chi connectivity index (χ2v) is 9.19. The van der Waals surface area contributed by atoms with Crippen molar-refractivity contribution in [2.45, 2.75) is 57.5 Å². The van der Waals surface area contributed by atoms with Crippen LogP contribution in [0.1, 0.15) is 45.4 Å². The summed E-state index contributed by atoms with van der Waals surface area (Å²) in [4.78, 5) is 43.1. The first-order valence-corrected chi connectivity index (χ1v) is 10.1. The smallest absolute Gasteiger partial charge is 0.365 e. The zero-order valence-corrected chi connectivity index (χ0v) is 17.8. The Morgan fingerprint density at radius 1 is 1.31 bits per heavy atom. The lowest BCUT2D eigenvalue weighted by molar-refractivity contribution is -0.138. The van der Waals surface area contributed by atoms with E-state index in [4.69, 9.17) is 10.00 Å². The molecule has 11 heteroatoms. The van der Waals surface area contributed by atoms with Crippen molar-refractivity contribution in [1.29, 1.82) is 5.26 Å². The minimum atomic E-state index is -4.89. The van der Waals surface area contributed by atoms with Crippen molar-refractivity contribution in [2.24, 2.45) is 17.8 Å². The molecule has 0 unspecified atom stereocenters. The molecule has 3 amide bonds. The SMILES string of the molecule is CC(C)C(=O)N[C@@H]1C[C@@]2(C)O[C@]1(C)[C@@H]1C(=O)N(c3cnc(C#N)c(C(F)(F)F)c3)C(=O)[C@@H]12. The van der Waals surface area contributed by atoms with Gasteiger partial charge in [-0.25, -0.2) is 9.88 Å². The summed E-state index contributed by atoms with van der Waals surface area (Å²) in [6.07, 6.45) is -3.69. The summed E-state index contributed by atoms with van der Waals surface area (Å²) in [5.74, 6) is -3.81. The Hall–Kier alpha value is -3.00. The number of rotatable bonds is 3. The summed E-state index contributed by atoms with van der Waals surface area (Å²) in [6, 6.07) is 1.43. The number of fused-ring (bicyclic) bond motifs is 5. The van der Waals surface area contributed by atoms with Crippen LogP contribution in [0.25, 0.3) is 0 Å². The number of carbonyl (C=O) groups is 3. The minimum absolute atomic E-state index is 0.229. The van der Waals surface area contributed by atoms with Gasteiger partial charge in [0.05, 0.1) is 46.5 Å². The summed E-state index contributed by atoms with van der Waals surface area (Å²) in [7, 11) is 0. The van der Waals surface area contributed by atoms with E-state index < -0.39 is 58.3 Å². The Kier molecular flexibility index (Phi) is 4.68. The number of ether oxygens (including phenoxy) is 1. The third-order valence-electron chi connectivity index (χ3n) is 6.72. The first-order chi connectivity index (χ1) is 14.7. The van der Waals surface area contributed by atoms with E-state index in [0.717, 1.165) is 6.20 Å². The zero-order chi connectivity index (χ0) is 23.8. The van der Waals surface area contributed by atoms with Crippen LogP contribution in [-0.4, -0.2) is 39.9 Å². The normalized spacial score (nSPS) is 33.6. The first-order valence-electron chi connectivity index (χ1n) is 10.1. The summed E-state index contributed by atoms with van der Waals surface area (Å²) in [5.41, 5.74) is -4.79. The Labute approximate surface area is 181 Å². The maximum Gasteiger partial charge on any atom is 0.419 e. The number of nitrogens with one attached hydrogen (secondary N) is 1. The fourth-order valence-electron chi connectivity index (χ4n) is 5.22. The van der Waals surface area contributed by atoms with Crippen molar-refractivity contribution in [1.82, 2.24) is 10.3 Å². The number of hydrogen-bond donors (Lipinski definition) is 1. The van der Waals surface area contributed by atoms with E-state index >= 15 is 0 Å². The standard InChI is InChI=1S/C21H21F3N4O4/c1-9(2)16(29)27-13-6-19(3)14-15(20(13,4)32-19)18(31)28(17(14)30)10-5-11(21(22,23)24)12(7-25)26-8-10/h5,8-9,13-15H,6H2,1-4H3,(H,27,29)/t13-,14-,15+,19-,20+/m1/s1. The number of imide groups is 1. The Bertz CT molecular complexity index is 1080. The van der Waals surface area contributed by atoms with Crippen molar-refractivity contribution in [2.75, 3.05) is 4.90 Å². The molecule has 1 aromatic rings. The molecule has 170 valence electrons. The molecule has 1 N–H and O–H groups in total. The van der Waals surface area contributed by atoms with E-state index in [0.29, 0.717) is 11.0 Å². The van der Waals surface area contributed by atoms with Crippen molar-refractivity contribution in [3.8, 4) is 6.07 Å². The van der Waals surface area contributed by atoms with Crippen LogP contribution in [0.3, 0.4) is 0 Å². The molecule has 0 aromatic carbocycles. The van der Waals surface area contributed by atoms with Crippen LogP contribution in [0.4, 0.5) is 18.9 Å². The Morgan fingerprint density at radius 2 is 1.94 bits per heavy atom. The molecule has 2 bridgehead atoms. The van der Waals surface area contributed by atoms with E-state index in [1.54, 1.807) is 27.7 Å². The number of alkyl halides is 3. The van der Waals surface area contributed by atoms with Gasteiger partial charge >= 0.3 is 6.18 Å². The van der Waals surface area contributed by atoms with E-state index in [2.05, 4.69) is 10.3 Å². The molecule has 0 saturated carbocycles. The number of hydrogen-bond acceptors (Lipinski definition) is 6. The number of nitrogens with zero attached hydrogens (tertiary/aromatic N) is 3. The minimum Gasteiger partial charge on any atom is -0.365 e. The maximum absolute atomic E-state index is 13.4. The van der Waals surface area contributed by atoms with Crippen molar-refractivity contribution in [3.05, 3.63) is 23.5 Å². The lowest BCUT2D eigenvalue weighted by Crippen LogP contribution is -2.57. The van der Waals surface area contributed by atoms with Gasteiger partial charge < -0.3 is 10.1 Å². The van der Waals surface area contributed by atoms with E-state index in [1.165, 1.54) is 6.07 Å². The van der Waals surface area contributed by atoms with Gasteiger partial charge in [-0.3, -0.25) is 14.4 Å². The molecule has 8 nitrogen and oxygen atoms in total. The van der Waals surface area contributed by atoms with Gasteiger partial charge in [-0.15, -0.1) is 0 Å². The third-order valence-corrected chi connectivity index (χ3v) is 6.72. The average molecular weight is 450 g/mol. The number of halogens is 3. The van der Waals surface area contributed by atoms with E-state index in [9.17, 15) is 27.6 Å². The summed E-state index contributed by atoms with van der Waals surface area (Å²) in [5, 5.41) is 11.8. The molecule has 0 aliphatic carbocycles. The predicted octanol–water partition coefficient (Wildman–Crippen LogP) is 2.17. The molecule has 3 aliphatic rings. The molecule has 5 atom stereocenters. The van der Waals surface area contributed by atoms with Gasteiger partial charge in [0.2, 0.25) is 17.7 Å². The summed E-state index contributed by atoms with van der Waals surface area (Å²) >= 11 is 0. The lowest BCUT2D eigenvalue weighted by atomic mass is 9.66. The molecule has 32 heavy (non-hydrogen) atoms. The molecule has 0 radical (unpaired) electrons. The number of aromatic nitrogens is 1. The quantitative estimate of drug-likeness (QED) is 0.707. The van der Waals surface area contributed by atoms with Crippen LogP contribution >= 0.6 is 0 Å². The van der Waals surface area contributed by atoms with Crippen molar-refractivity contribution in [3.63, 3.8) is 0 Å². The van der Waals surface area contributed by atoms with Crippen LogP contribution in [0, 0.1) is 29.1 Å². The van der Waals surface area contributed by atoms with Gasteiger partial charge in [0.1, 0.15) is 6.07 Å². The topological polar surface area (TPSA) is 112 Å². The number of pyridine rings is 1. The van der Waals surface area contributed by atoms with E-state index in [-0.39, 0.29) is 23.9 Å². The highest BCUT2D eigenvalue weighted by Crippen LogP contribution is 2.61. The Balaban J connectivity index is 1.73. The molecule has 3 saturated heterocycles. The van der Waals surface area contributed by atoms with Crippen LogP contribution in [0.2, 0.25) is 0 Å². The van der Waals surface area contributed by atoms with Gasteiger partial charge in [-0.1, -0.05) is 13.8 Å². The highest BCUT2D eigenvalue weighted by atomic mass is 19.4. The van der Waals surface area contributed by atoms with Crippen LogP contribution in [0.5, 0.6) is 0 Å². The van der Waals surface area contributed by atoms with Crippen LogP contribution in [-0.2, 0) is 25.3 Å². The number of nitriles is 1. The molecular weight excluding hydrogens is 429 g/mol. The van der Waals surface area contributed by atoms with Gasteiger partial charge in [0.15, 0.2) is 5.69 Å². The lowest BCUT2D eigenvalue weighted by Gasteiger charge is -2.36. The van der Waals surface area contributed by atoms with E-state index in [1.807, 2.05) is 0 Å². The third kappa shape index (κ3) is 2.92. The molecule has 3 fully saturated rings. The number of carbonyl (C=O) groups excluding carboxylic acids is 3. The first kappa shape index (κ1) is 22.2. The zero-order valence-electron chi connectivity index (χ0n) is 17.8. The fraction of sp³-hybridized carbons (Fsp3) is 0.571. The van der Waals surface area contributed by atoms with Crippen molar-refractivity contribution >= 4 is 23.4 Å². The monoisotopic (exact) mass is 450 g/mol. The largest absolute Gasteiger partial charge is 0.419 e. The summed E-state index contributed by atoms with van der Waals surface area (Å²) < 4.78 is 46.3. The van der Waals surface area contributed by atoms with Crippen LogP contribution in [0.15, 0.2) is 12.3 Å². The molecular formula is C21H21F3N4O4. The predicted molar refractivity (Wildman–Crippen MR) is 103 cm³/mol. The second kappa shape index (κ2) is 6.75. The van der Waals surface area contributed by atoms with Crippen molar-refractivity contribution < 1.29 is 32.3 Å². The fourth-order valence-corrected chi connectivity index (χ4v) is 5.22. The second-order valence-electron chi connectivity index (χ2n) is 9.19. The average Bonchev–Trinajstić information content (AvgIpc) is 3.21. The van der Waals surface area contributed by atoms with Crippen LogP contribution < -0.4 is 10.2 Å². The number of anilines is 1. The van der Waals surface area contributed by atoms with Gasteiger partial charge in [-0.05, 0) is 26.3 Å². The molecule has 0 spiro atoms. The van der Waals surface area contributed by atoms with Gasteiger partial charge in [-0.2, -0.15) is 18.4 Å². The molecule has 3 aliphatic heterocycles.